The molecule has 126 valence electrons. The molecule has 24 heavy (non-hydrogen) atoms. The van der Waals surface area contributed by atoms with Gasteiger partial charge in [0.05, 0.1) is 22.7 Å². The van der Waals surface area contributed by atoms with E-state index in [1.54, 1.807) is 6.07 Å². The van der Waals surface area contributed by atoms with Gasteiger partial charge < -0.3 is 4.74 Å². The van der Waals surface area contributed by atoms with Crippen LogP contribution >= 0.6 is 23.2 Å². The minimum Gasteiger partial charge on any atom is -0.481 e. The van der Waals surface area contributed by atoms with Crippen molar-refractivity contribution in [1.82, 2.24) is 14.6 Å². The molecule has 0 spiro atoms. The second kappa shape index (κ2) is 6.91. The van der Waals surface area contributed by atoms with Crippen LogP contribution in [0.1, 0.15) is 23.2 Å². The maximum absolute atomic E-state index is 13.0. The number of aromatic nitrogens is 3. The van der Waals surface area contributed by atoms with Gasteiger partial charge in [-0.05, 0) is 30.0 Å². The van der Waals surface area contributed by atoms with Crippen molar-refractivity contribution < 1.29 is 13.5 Å². The molecule has 0 saturated carbocycles. The van der Waals surface area contributed by atoms with E-state index in [9.17, 15) is 8.78 Å². The molecule has 3 heterocycles. The van der Waals surface area contributed by atoms with Crippen LogP contribution in [0.25, 0.3) is 5.52 Å². The van der Waals surface area contributed by atoms with E-state index in [1.807, 2.05) is 6.07 Å². The number of ether oxygens (including phenoxy) is 1. The lowest BCUT2D eigenvalue weighted by molar-refractivity contribution is 0.145. The van der Waals surface area contributed by atoms with Crippen molar-refractivity contribution in [2.75, 3.05) is 7.11 Å². The zero-order valence-electron chi connectivity index (χ0n) is 12.6. The zero-order valence-corrected chi connectivity index (χ0v) is 14.2. The van der Waals surface area contributed by atoms with Crippen molar-refractivity contribution in [2.45, 2.75) is 19.3 Å². The number of fused-ring (bicyclic) bond motifs is 1. The second-order valence-electron chi connectivity index (χ2n) is 5.15. The summed E-state index contributed by atoms with van der Waals surface area (Å²) in [6.07, 6.45) is 1.52. The molecule has 0 N–H and O–H groups in total. The van der Waals surface area contributed by atoms with E-state index in [2.05, 4.69) is 10.1 Å². The monoisotopic (exact) mass is 371 g/mol. The van der Waals surface area contributed by atoms with Crippen LogP contribution in [0.3, 0.4) is 0 Å². The van der Waals surface area contributed by atoms with Gasteiger partial charge in [-0.2, -0.15) is 5.10 Å². The first-order chi connectivity index (χ1) is 11.5. The minimum absolute atomic E-state index is 0.291. The van der Waals surface area contributed by atoms with Crippen LogP contribution in [-0.4, -0.2) is 21.7 Å². The largest absolute Gasteiger partial charge is 0.481 e. The molecule has 0 radical (unpaired) electrons. The highest BCUT2D eigenvalue weighted by atomic mass is 35.5. The molecule has 0 aromatic carbocycles. The molecule has 0 amide bonds. The van der Waals surface area contributed by atoms with Crippen molar-refractivity contribution in [2.24, 2.45) is 0 Å². The zero-order chi connectivity index (χ0) is 17.3. The topological polar surface area (TPSA) is 39.4 Å². The van der Waals surface area contributed by atoms with Gasteiger partial charge in [-0.1, -0.05) is 29.3 Å². The Morgan fingerprint density at radius 2 is 1.88 bits per heavy atom. The Bertz CT molecular complexity index is 863. The Morgan fingerprint density at radius 1 is 1.17 bits per heavy atom. The molecule has 8 heteroatoms. The molecule has 4 nitrogen and oxygen atoms in total. The third kappa shape index (κ3) is 3.16. The Hall–Kier alpha value is -1.92. The number of methoxy groups -OCH3 is 1. The van der Waals surface area contributed by atoms with Gasteiger partial charge in [-0.25, -0.2) is 13.3 Å². The van der Waals surface area contributed by atoms with Crippen LogP contribution in [0, 0.1) is 0 Å². The van der Waals surface area contributed by atoms with E-state index in [4.69, 9.17) is 27.9 Å². The number of aryl methyl sites for hydroxylation is 1. The summed E-state index contributed by atoms with van der Waals surface area (Å²) in [4.78, 5) is 3.92. The average molecular weight is 372 g/mol. The Morgan fingerprint density at radius 3 is 2.50 bits per heavy atom. The summed E-state index contributed by atoms with van der Waals surface area (Å²) in [5.74, 6) is 0.389. The van der Waals surface area contributed by atoms with Crippen molar-refractivity contribution in [3.8, 4) is 5.88 Å². The highest BCUT2D eigenvalue weighted by molar-refractivity contribution is 6.35. The maximum atomic E-state index is 13.0. The van der Waals surface area contributed by atoms with Crippen molar-refractivity contribution in [3.63, 3.8) is 0 Å². The van der Waals surface area contributed by atoms with Crippen molar-refractivity contribution in [3.05, 3.63) is 57.5 Å². The summed E-state index contributed by atoms with van der Waals surface area (Å²) in [5.41, 5.74) is 1.90. The molecule has 0 bridgehead atoms. The highest BCUT2D eigenvalue weighted by Crippen LogP contribution is 2.28. The average Bonchev–Trinajstić information content (AvgIpc) is 3.00. The van der Waals surface area contributed by atoms with Crippen LogP contribution in [0.15, 0.2) is 30.6 Å². The number of halogens is 4. The number of pyridine rings is 2. The molecule has 3 aromatic rings. The summed E-state index contributed by atoms with van der Waals surface area (Å²) in [5, 5.41) is 4.87. The summed E-state index contributed by atoms with van der Waals surface area (Å²) in [6, 6.07) is 4.90. The van der Waals surface area contributed by atoms with Gasteiger partial charge in [-0.15, -0.1) is 0 Å². The van der Waals surface area contributed by atoms with Crippen molar-refractivity contribution in [1.29, 1.82) is 0 Å². The SMILES string of the molecule is COc1ccc(CCc2c(Cl)cncc2Cl)c2cc(C(F)F)nn12. The van der Waals surface area contributed by atoms with Crippen LogP contribution in [-0.2, 0) is 12.8 Å². The summed E-state index contributed by atoms with van der Waals surface area (Å²) in [6.45, 7) is 0. The first-order valence-electron chi connectivity index (χ1n) is 7.13. The standard InChI is InChI=1S/C16H13Cl2F2N3O/c1-24-15-5-3-9(14-6-13(16(19)20)22-23(14)15)2-4-10-11(17)7-21-8-12(10)18/h3,5-8,16H,2,4H2,1H3. The summed E-state index contributed by atoms with van der Waals surface area (Å²) in [7, 11) is 1.47. The lowest BCUT2D eigenvalue weighted by Crippen LogP contribution is -2.01. The van der Waals surface area contributed by atoms with E-state index in [1.165, 1.54) is 30.1 Å². The van der Waals surface area contributed by atoms with Gasteiger partial charge in [0.25, 0.3) is 6.43 Å². The predicted octanol–water partition coefficient (Wildman–Crippen LogP) is 4.77. The Kier molecular flexibility index (Phi) is 4.87. The smallest absolute Gasteiger partial charge is 0.282 e. The molecular weight excluding hydrogens is 359 g/mol. The molecule has 0 aliphatic carbocycles. The predicted molar refractivity (Wildman–Crippen MR) is 88.4 cm³/mol. The Labute approximate surface area is 147 Å². The van der Waals surface area contributed by atoms with Crippen LogP contribution in [0.2, 0.25) is 10.0 Å². The summed E-state index contributed by atoms with van der Waals surface area (Å²) < 4.78 is 32.5. The van der Waals surface area contributed by atoms with Gasteiger partial charge in [-0.3, -0.25) is 4.98 Å². The molecule has 0 fully saturated rings. The molecule has 0 saturated heterocycles. The van der Waals surface area contributed by atoms with E-state index < -0.39 is 6.43 Å². The highest BCUT2D eigenvalue weighted by Gasteiger charge is 2.17. The third-order valence-corrected chi connectivity index (χ3v) is 4.37. The normalized spacial score (nSPS) is 11.4. The number of hydrogen-bond donors (Lipinski definition) is 0. The fourth-order valence-electron chi connectivity index (χ4n) is 2.53. The number of hydrogen-bond acceptors (Lipinski definition) is 3. The molecule has 3 aromatic heterocycles. The van der Waals surface area contributed by atoms with Gasteiger partial charge >= 0.3 is 0 Å². The molecule has 3 rings (SSSR count). The van der Waals surface area contributed by atoms with Gasteiger partial charge in [0, 0.05) is 18.5 Å². The molecule has 0 unspecified atom stereocenters. The van der Waals surface area contributed by atoms with Crippen LogP contribution in [0.5, 0.6) is 5.88 Å². The lowest BCUT2D eigenvalue weighted by atomic mass is 10.0. The van der Waals surface area contributed by atoms with Gasteiger partial charge in [0.1, 0.15) is 5.69 Å². The maximum Gasteiger partial charge on any atom is 0.282 e. The molecule has 0 atom stereocenters. The number of alkyl halides is 2. The first kappa shape index (κ1) is 16.9. The quantitative estimate of drug-likeness (QED) is 0.648. The van der Waals surface area contributed by atoms with Crippen molar-refractivity contribution >= 4 is 28.7 Å². The van der Waals surface area contributed by atoms with E-state index in [0.717, 1.165) is 11.1 Å². The third-order valence-electron chi connectivity index (χ3n) is 3.72. The van der Waals surface area contributed by atoms with E-state index >= 15 is 0 Å². The Balaban J connectivity index is 1.97. The second-order valence-corrected chi connectivity index (χ2v) is 5.96. The minimum atomic E-state index is -2.65. The molecular formula is C16H13Cl2F2N3O. The fourth-order valence-corrected chi connectivity index (χ4v) is 3.09. The molecule has 0 aliphatic rings. The molecule has 0 aliphatic heterocycles. The van der Waals surface area contributed by atoms with Gasteiger partial charge in [0.15, 0.2) is 0 Å². The van der Waals surface area contributed by atoms with Crippen LogP contribution in [0.4, 0.5) is 8.78 Å². The van der Waals surface area contributed by atoms with Gasteiger partial charge in [0.2, 0.25) is 5.88 Å². The number of nitrogens with zero attached hydrogens (tertiary/aromatic N) is 3. The van der Waals surface area contributed by atoms with E-state index in [0.29, 0.717) is 34.3 Å². The van der Waals surface area contributed by atoms with E-state index in [-0.39, 0.29) is 5.69 Å². The number of rotatable bonds is 5. The van der Waals surface area contributed by atoms with Crippen LogP contribution < -0.4 is 4.74 Å². The first-order valence-corrected chi connectivity index (χ1v) is 7.88. The lowest BCUT2D eigenvalue weighted by Gasteiger charge is -2.09. The summed E-state index contributed by atoms with van der Waals surface area (Å²) >= 11 is 12.2. The fraction of sp³-hybridized carbons (Fsp3) is 0.250.